The molecular formula is C23H21N7O5. The van der Waals surface area contributed by atoms with E-state index in [0.29, 0.717) is 40.1 Å². The van der Waals surface area contributed by atoms with Crippen molar-refractivity contribution in [2.45, 2.75) is 6.61 Å². The van der Waals surface area contributed by atoms with E-state index in [1.165, 1.54) is 6.26 Å². The molecule has 0 bridgehead atoms. The summed E-state index contributed by atoms with van der Waals surface area (Å²) in [7, 11) is 1.57. The third-order valence-electron chi connectivity index (χ3n) is 5.10. The minimum Gasteiger partial charge on any atom is -0.443 e. The minimum atomic E-state index is -0.289. The normalized spacial score (nSPS) is 14.3. The van der Waals surface area contributed by atoms with E-state index in [1.54, 1.807) is 36.0 Å². The van der Waals surface area contributed by atoms with Gasteiger partial charge in [-0.05, 0) is 18.2 Å². The van der Waals surface area contributed by atoms with E-state index in [2.05, 4.69) is 31.1 Å². The number of carbonyl (C=O) groups excluding carboxylic acids is 1. The number of dihydropyridines is 1. The van der Waals surface area contributed by atoms with E-state index in [9.17, 15) is 4.79 Å². The number of allylic oxidation sites excluding steroid dienone is 1. The lowest BCUT2D eigenvalue weighted by Gasteiger charge is -2.12. The van der Waals surface area contributed by atoms with Gasteiger partial charge in [0, 0.05) is 36.7 Å². The number of aromatic nitrogens is 5. The Hall–Kier alpha value is -4.55. The molecule has 1 amide bonds. The van der Waals surface area contributed by atoms with E-state index >= 15 is 0 Å². The molecule has 12 heteroatoms. The SMILES string of the molecule is COCc1cc(-c2nnc3c4ccccc4c(OC=C4C=CC(C(=O)NCCO)=CN4)nn23)no1. The van der Waals surface area contributed by atoms with Crippen molar-refractivity contribution in [2.24, 2.45) is 0 Å². The summed E-state index contributed by atoms with van der Waals surface area (Å²) in [6.07, 6.45) is 6.39. The number of amides is 1. The number of aliphatic hydroxyl groups excluding tert-OH is 1. The van der Waals surface area contributed by atoms with E-state index in [1.807, 2.05) is 24.3 Å². The molecule has 35 heavy (non-hydrogen) atoms. The van der Waals surface area contributed by atoms with Crippen LogP contribution < -0.4 is 15.4 Å². The highest BCUT2D eigenvalue weighted by molar-refractivity contribution is 5.97. The lowest BCUT2D eigenvalue weighted by Crippen LogP contribution is -2.28. The number of hydrogen-bond acceptors (Lipinski definition) is 10. The predicted octanol–water partition coefficient (Wildman–Crippen LogP) is 1.45. The predicted molar refractivity (Wildman–Crippen MR) is 124 cm³/mol. The summed E-state index contributed by atoms with van der Waals surface area (Å²) < 4.78 is 17.9. The number of ether oxygens (including phenoxy) is 2. The van der Waals surface area contributed by atoms with Crippen molar-refractivity contribution >= 4 is 22.3 Å². The molecule has 4 heterocycles. The van der Waals surface area contributed by atoms with Crippen LogP contribution in [0.15, 0.2) is 70.7 Å². The van der Waals surface area contributed by atoms with Crippen LogP contribution in [0.2, 0.25) is 0 Å². The van der Waals surface area contributed by atoms with E-state index in [0.717, 1.165) is 10.8 Å². The Morgan fingerprint density at radius 3 is 2.89 bits per heavy atom. The van der Waals surface area contributed by atoms with Gasteiger partial charge in [0.15, 0.2) is 17.1 Å². The molecule has 0 fully saturated rings. The maximum atomic E-state index is 12.0. The number of hydrogen-bond donors (Lipinski definition) is 3. The third kappa shape index (κ3) is 4.47. The highest BCUT2D eigenvalue weighted by Crippen LogP contribution is 2.29. The highest BCUT2D eigenvalue weighted by Gasteiger charge is 2.19. The summed E-state index contributed by atoms with van der Waals surface area (Å²) in [4.78, 5) is 12.0. The van der Waals surface area contributed by atoms with Crippen LogP contribution in [0.4, 0.5) is 0 Å². The molecule has 5 rings (SSSR count). The first-order chi connectivity index (χ1) is 17.2. The lowest BCUT2D eigenvalue weighted by atomic mass is 10.2. The van der Waals surface area contributed by atoms with Crippen molar-refractivity contribution in [3.8, 4) is 17.4 Å². The molecule has 0 aliphatic carbocycles. The van der Waals surface area contributed by atoms with Crippen molar-refractivity contribution < 1.29 is 23.9 Å². The van der Waals surface area contributed by atoms with Crippen LogP contribution in [0.3, 0.4) is 0 Å². The van der Waals surface area contributed by atoms with Crippen molar-refractivity contribution in [3.63, 3.8) is 0 Å². The molecule has 0 radical (unpaired) electrons. The maximum absolute atomic E-state index is 12.0. The average Bonchev–Trinajstić information content (AvgIpc) is 3.53. The zero-order chi connectivity index (χ0) is 24.2. The first-order valence-corrected chi connectivity index (χ1v) is 10.7. The van der Waals surface area contributed by atoms with Crippen LogP contribution in [-0.2, 0) is 16.1 Å². The van der Waals surface area contributed by atoms with Gasteiger partial charge < -0.3 is 29.7 Å². The second-order valence-corrected chi connectivity index (χ2v) is 7.47. The molecule has 1 aromatic carbocycles. The number of methoxy groups -OCH3 is 1. The molecule has 1 aliphatic rings. The molecular weight excluding hydrogens is 454 g/mol. The first-order valence-electron chi connectivity index (χ1n) is 10.7. The van der Waals surface area contributed by atoms with Gasteiger partial charge in [0.2, 0.25) is 11.7 Å². The summed E-state index contributed by atoms with van der Waals surface area (Å²) in [5, 5.41) is 33.2. The summed E-state index contributed by atoms with van der Waals surface area (Å²) in [5.74, 6) is 0.982. The van der Waals surface area contributed by atoms with Gasteiger partial charge in [-0.15, -0.1) is 15.3 Å². The molecule has 0 unspecified atom stereocenters. The largest absolute Gasteiger partial charge is 0.443 e. The van der Waals surface area contributed by atoms with Gasteiger partial charge >= 0.3 is 0 Å². The average molecular weight is 475 g/mol. The van der Waals surface area contributed by atoms with Crippen LogP contribution in [-0.4, -0.2) is 56.2 Å². The highest BCUT2D eigenvalue weighted by atomic mass is 16.5. The van der Waals surface area contributed by atoms with E-state index in [-0.39, 0.29) is 25.7 Å². The Kier molecular flexibility index (Phi) is 6.20. The minimum absolute atomic E-state index is 0.125. The van der Waals surface area contributed by atoms with Crippen molar-refractivity contribution in [1.29, 1.82) is 0 Å². The van der Waals surface area contributed by atoms with Crippen molar-refractivity contribution in [1.82, 2.24) is 35.6 Å². The number of carbonyl (C=O) groups is 1. The molecule has 3 aromatic heterocycles. The van der Waals surface area contributed by atoms with Crippen molar-refractivity contribution in [2.75, 3.05) is 20.3 Å². The second-order valence-electron chi connectivity index (χ2n) is 7.47. The molecule has 3 N–H and O–H groups in total. The Bertz CT molecular complexity index is 1480. The molecule has 4 aromatic rings. The molecule has 0 spiro atoms. The number of rotatable bonds is 8. The fraction of sp³-hybridized carbons (Fsp3) is 0.174. The fourth-order valence-electron chi connectivity index (χ4n) is 3.47. The molecule has 178 valence electrons. The van der Waals surface area contributed by atoms with Gasteiger partial charge in [0.05, 0.1) is 17.9 Å². The lowest BCUT2D eigenvalue weighted by molar-refractivity contribution is -0.117. The van der Waals surface area contributed by atoms with Gasteiger partial charge in [0.1, 0.15) is 12.9 Å². The second kappa shape index (κ2) is 9.75. The number of nitrogens with one attached hydrogen (secondary N) is 2. The quantitative estimate of drug-likeness (QED) is 0.320. The summed E-state index contributed by atoms with van der Waals surface area (Å²) >= 11 is 0. The van der Waals surface area contributed by atoms with Gasteiger partial charge in [-0.2, -0.15) is 4.52 Å². The van der Waals surface area contributed by atoms with Gasteiger partial charge in [0.25, 0.3) is 5.91 Å². The molecule has 0 saturated carbocycles. The summed E-state index contributed by atoms with van der Waals surface area (Å²) in [6.45, 7) is 0.339. The first kappa shape index (κ1) is 22.3. The standard InChI is InChI=1S/C23H21N7O5/c1-33-13-16-10-19(29-35-16)21-27-26-20-17-4-2-3-5-18(17)23(28-30(20)21)34-12-15-7-6-14(11-25-15)22(32)24-8-9-31/h2-7,10-12,25,31H,8-9,13H2,1H3,(H,24,32). The zero-order valence-corrected chi connectivity index (χ0v) is 18.6. The molecule has 12 nitrogen and oxygen atoms in total. The van der Waals surface area contributed by atoms with Crippen LogP contribution in [0, 0.1) is 0 Å². The summed E-state index contributed by atoms with van der Waals surface area (Å²) in [5.41, 5.74) is 2.05. The maximum Gasteiger partial charge on any atom is 0.252 e. The molecule has 0 atom stereocenters. The molecule has 1 aliphatic heterocycles. The smallest absolute Gasteiger partial charge is 0.252 e. The van der Waals surface area contributed by atoms with Crippen LogP contribution in [0.5, 0.6) is 5.88 Å². The van der Waals surface area contributed by atoms with Gasteiger partial charge in [-0.25, -0.2) is 0 Å². The van der Waals surface area contributed by atoms with Crippen LogP contribution in [0.1, 0.15) is 5.76 Å². The molecule has 0 saturated heterocycles. The van der Waals surface area contributed by atoms with Gasteiger partial charge in [-0.1, -0.05) is 23.4 Å². The Balaban J connectivity index is 1.45. The Labute approximate surface area is 198 Å². The number of nitrogens with zero attached hydrogens (tertiary/aromatic N) is 5. The number of aliphatic hydroxyl groups is 1. The van der Waals surface area contributed by atoms with Crippen LogP contribution in [0.25, 0.3) is 27.9 Å². The number of benzene rings is 1. The summed E-state index contributed by atoms with van der Waals surface area (Å²) in [6, 6.07) is 9.28. The Morgan fingerprint density at radius 1 is 1.26 bits per heavy atom. The third-order valence-corrected chi connectivity index (χ3v) is 5.10. The monoisotopic (exact) mass is 475 g/mol. The Morgan fingerprint density at radius 2 is 2.11 bits per heavy atom. The van der Waals surface area contributed by atoms with Gasteiger partial charge in [-0.3, -0.25) is 4.79 Å². The van der Waals surface area contributed by atoms with E-state index in [4.69, 9.17) is 19.1 Å². The van der Waals surface area contributed by atoms with Crippen molar-refractivity contribution in [3.05, 3.63) is 72.0 Å². The van der Waals surface area contributed by atoms with Crippen LogP contribution >= 0.6 is 0 Å². The fourth-order valence-corrected chi connectivity index (χ4v) is 3.47. The zero-order valence-electron chi connectivity index (χ0n) is 18.6. The number of fused-ring (bicyclic) bond motifs is 3. The topological polar surface area (TPSA) is 149 Å². The van der Waals surface area contributed by atoms with E-state index < -0.39 is 0 Å².